The van der Waals surface area contributed by atoms with Crippen molar-refractivity contribution in [3.05, 3.63) is 70.7 Å². The summed E-state index contributed by atoms with van der Waals surface area (Å²) >= 11 is 0. The molecule has 4 rings (SSSR count). The molecule has 0 saturated carbocycles. The quantitative estimate of drug-likeness (QED) is 0.262. The van der Waals surface area contributed by atoms with Gasteiger partial charge in [0.1, 0.15) is 11.6 Å². The standard InChI is InChI=1S/C30H31F3N2O5/c1-40-22-4-5-25-23(15-22)28(20(18-36)17-34-25)26(37)6-7-30(16-27(38)39)8-11-35(12-9-30)10-2-3-19-13-21(31)14-24(32)29(19)33/h4-5,13-15,17,26,36-37H,6-12,16,18H2,1H3,(H,38,39)/t26-/m0/s1. The number of aliphatic hydroxyl groups excluding tert-OH is 2. The Morgan fingerprint density at radius 2 is 1.95 bits per heavy atom. The highest BCUT2D eigenvalue weighted by atomic mass is 19.2. The number of fused-ring (bicyclic) bond motifs is 1. The molecule has 3 aromatic rings. The van der Waals surface area contributed by atoms with Gasteiger partial charge in [-0.25, -0.2) is 13.2 Å². The van der Waals surface area contributed by atoms with Crippen molar-refractivity contribution in [1.29, 1.82) is 0 Å². The van der Waals surface area contributed by atoms with Crippen molar-refractivity contribution in [2.75, 3.05) is 26.7 Å². The van der Waals surface area contributed by atoms with E-state index in [0.29, 0.717) is 66.2 Å². The summed E-state index contributed by atoms with van der Waals surface area (Å²) in [5, 5.41) is 31.5. The van der Waals surface area contributed by atoms with Gasteiger partial charge < -0.3 is 20.1 Å². The topological polar surface area (TPSA) is 103 Å². The number of halogens is 3. The van der Waals surface area contributed by atoms with Crippen molar-refractivity contribution >= 4 is 16.9 Å². The fourth-order valence-corrected chi connectivity index (χ4v) is 5.38. The number of rotatable bonds is 9. The van der Waals surface area contributed by atoms with Crippen molar-refractivity contribution in [3.8, 4) is 17.6 Å². The van der Waals surface area contributed by atoms with Crippen LogP contribution >= 0.6 is 0 Å². The second kappa shape index (κ2) is 12.7. The van der Waals surface area contributed by atoms with E-state index in [1.54, 1.807) is 18.2 Å². The Labute approximate surface area is 230 Å². The Morgan fingerprint density at radius 1 is 1.20 bits per heavy atom. The van der Waals surface area contributed by atoms with Crippen molar-refractivity contribution in [2.45, 2.75) is 44.8 Å². The number of hydrogen-bond acceptors (Lipinski definition) is 6. The number of hydrogen-bond donors (Lipinski definition) is 3. The number of carbonyl (C=O) groups is 1. The summed E-state index contributed by atoms with van der Waals surface area (Å²) in [6.45, 7) is 0.966. The number of carboxylic acids is 1. The van der Waals surface area contributed by atoms with Crippen LogP contribution in [0.5, 0.6) is 5.75 Å². The number of aliphatic hydroxyl groups is 2. The zero-order valence-electron chi connectivity index (χ0n) is 22.1. The highest BCUT2D eigenvalue weighted by Gasteiger charge is 2.37. The molecule has 3 N–H and O–H groups in total. The second-order valence-electron chi connectivity index (χ2n) is 10.2. The van der Waals surface area contributed by atoms with Crippen molar-refractivity contribution in [1.82, 2.24) is 9.88 Å². The molecular weight excluding hydrogens is 525 g/mol. The number of nitrogens with zero attached hydrogens (tertiary/aromatic N) is 2. The first-order valence-corrected chi connectivity index (χ1v) is 13.0. The molecule has 1 aliphatic heterocycles. The van der Waals surface area contributed by atoms with Gasteiger partial charge in [0.05, 0.1) is 43.9 Å². The lowest BCUT2D eigenvalue weighted by atomic mass is 9.71. The maximum Gasteiger partial charge on any atom is 0.303 e. The third kappa shape index (κ3) is 6.73. The minimum Gasteiger partial charge on any atom is -0.497 e. The summed E-state index contributed by atoms with van der Waals surface area (Å²) in [6, 6.07) is 6.60. The molecule has 7 nitrogen and oxygen atoms in total. The van der Waals surface area contributed by atoms with E-state index in [1.807, 2.05) is 4.90 Å². The molecule has 0 aliphatic carbocycles. The van der Waals surface area contributed by atoms with E-state index in [4.69, 9.17) is 4.74 Å². The van der Waals surface area contributed by atoms with E-state index in [9.17, 15) is 33.3 Å². The fraction of sp³-hybridized carbons (Fsp3) is 0.400. The van der Waals surface area contributed by atoms with Gasteiger partial charge in [0.2, 0.25) is 0 Å². The van der Waals surface area contributed by atoms with Crippen LogP contribution in [0.25, 0.3) is 10.9 Å². The lowest BCUT2D eigenvalue weighted by molar-refractivity contribution is -0.141. The third-order valence-corrected chi connectivity index (χ3v) is 7.61. The van der Waals surface area contributed by atoms with E-state index < -0.39 is 34.9 Å². The first-order chi connectivity index (χ1) is 19.1. The number of ether oxygens (including phenoxy) is 1. The molecule has 1 fully saturated rings. The zero-order chi connectivity index (χ0) is 28.9. The average Bonchev–Trinajstić information content (AvgIpc) is 2.94. The number of aromatic nitrogens is 1. The molecule has 10 heteroatoms. The maximum absolute atomic E-state index is 13.9. The monoisotopic (exact) mass is 556 g/mol. The molecule has 1 atom stereocenters. The van der Waals surface area contributed by atoms with Gasteiger partial charge in [-0.2, -0.15) is 0 Å². The Bertz CT molecular complexity index is 1440. The smallest absolute Gasteiger partial charge is 0.303 e. The largest absolute Gasteiger partial charge is 0.497 e. The molecule has 2 aromatic carbocycles. The van der Waals surface area contributed by atoms with Crippen molar-refractivity contribution in [2.24, 2.45) is 5.41 Å². The Morgan fingerprint density at radius 3 is 2.62 bits per heavy atom. The van der Waals surface area contributed by atoms with Crippen LogP contribution in [-0.2, 0) is 11.4 Å². The molecule has 2 heterocycles. The molecule has 0 bridgehead atoms. The summed E-state index contributed by atoms with van der Waals surface area (Å²) in [4.78, 5) is 18.1. The number of benzene rings is 2. The third-order valence-electron chi connectivity index (χ3n) is 7.61. The summed E-state index contributed by atoms with van der Waals surface area (Å²) in [6.07, 6.45) is 2.29. The fourth-order valence-electron chi connectivity index (χ4n) is 5.38. The maximum atomic E-state index is 13.9. The SMILES string of the molecule is COc1ccc2ncc(CO)c([C@@H](O)CCC3(CC(=O)O)CCN(CC#Cc4cc(F)cc(F)c4F)CC3)c2c1. The van der Waals surface area contributed by atoms with E-state index in [-0.39, 0.29) is 31.6 Å². The van der Waals surface area contributed by atoms with E-state index in [2.05, 4.69) is 16.8 Å². The van der Waals surface area contributed by atoms with Crippen LogP contribution < -0.4 is 4.74 Å². The summed E-state index contributed by atoms with van der Waals surface area (Å²) in [7, 11) is 1.54. The predicted molar refractivity (Wildman–Crippen MR) is 142 cm³/mol. The first kappa shape index (κ1) is 29.3. The van der Waals surface area contributed by atoms with E-state index in [0.717, 1.165) is 6.07 Å². The number of carboxylic acid groups (broad SMARTS) is 1. The van der Waals surface area contributed by atoms with E-state index >= 15 is 0 Å². The van der Waals surface area contributed by atoms with Gasteiger partial charge in [-0.1, -0.05) is 11.8 Å². The Hall–Kier alpha value is -3.65. The molecule has 1 saturated heterocycles. The van der Waals surface area contributed by atoms with Gasteiger partial charge in [-0.15, -0.1) is 0 Å². The van der Waals surface area contributed by atoms with Gasteiger partial charge in [-0.3, -0.25) is 14.7 Å². The molecule has 40 heavy (non-hydrogen) atoms. The molecule has 0 unspecified atom stereocenters. The van der Waals surface area contributed by atoms with Crippen molar-refractivity contribution in [3.63, 3.8) is 0 Å². The van der Waals surface area contributed by atoms with Crippen LogP contribution in [0.4, 0.5) is 13.2 Å². The number of likely N-dealkylation sites (tertiary alicyclic amines) is 1. The van der Waals surface area contributed by atoms with Gasteiger partial charge in [-0.05, 0) is 74.0 Å². The summed E-state index contributed by atoms with van der Waals surface area (Å²) < 4.78 is 46.0. The van der Waals surface area contributed by atoms with Crippen LogP contribution in [0.3, 0.4) is 0 Å². The summed E-state index contributed by atoms with van der Waals surface area (Å²) in [5.74, 6) is 1.48. The molecule has 0 spiro atoms. The van der Waals surface area contributed by atoms with Crippen LogP contribution in [0.1, 0.15) is 54.9 Å². The number of aliphatic carboxylic acids is 1. The lowest BCUT2D eigenvalue weighted by Crippen LogP contribution is -2.41. The molecule has 0 amide bonds. The normalized spacial score (nSPS) is 15.8. The van der Waals surface area contributed by atoms with Crippen LogP contribution in [0.15, 0.2) is 36.5 Å². The van der Waals surface area contributed by atoms with Crippen LogP contribution in [0, 0.1) is 34.7 Å². The lowest BCUT2D eigenvalue weighted by Gasteiger charge is -2.41. The van der Waals surface area contributed by atoms with Crippen molar-refractivity contribution < 1.29 is 38.0 Å². The average molecular weight is 557 g/mol. The molecule has 212 valence electrons. The molecule has 1 aromatic heterocycles. The Balaban J connectivity index is 1.46. The van der Waals surface area contributed by atoms with Crippen LogP contribution in [-0.4, -0.2) is 57.9 Å². The second-order valence-corrected chi connectivity index (χ2v) is 10.2. The summed E-state index contributed by atoms with van der Waals surface area (Å²) in [5.41, 5.74) is 0.762. The first-order valence-electron chi connectivity index (χ1n) is 13.0. The Kier molecular flexibility index (Phi) is 9.30. The number of piperidine rings is 1. The number of pyridine rings is 1. The zero-order valence-corrected chi connectivity index (χ0v) is 22.1. The number of methoxy groups -OCH3 is 1. The van der Waals surface area contributed by atoms with Gasteiger partial charge in [0, 0.05) is 23.2 Å². The minimum absolute atomic E-state index is 0.0647. The minimum atomic E-state index is -1.30. The molecular formula is C30H31F3N2O5. The molecule has 1 aliphatic rings. The van der Waals surface area contributed by atoms with Crippen LogP contribution in [0.2, 0.25) is 0 Å². The highest BCUT2D eigenvalue weighted by Crippen LogP contribution is 2.42. The van der Waals surface area contributed by atoms with Gasteiger partial charge in [0.15, 0.2) is 11.6 Å². The van der Waals surface area contributed by atoms with Gasteiger partial charge >= 0.3 is 5.97 Å². The van der Waals surface area contributed by atoms with Gasteiger partial charge in [0.25, 0.3) is 0 Å². The highest BCUT2D eigenvalue weighted by molar-refractivity contribution is 5.85. The predicted octanol–water partition coefficient (Wildman–Crippen LogP) is 4.58. The molecule has 0 radical (unpaired) electrons. The van der Waals surface area contributed by atoms with E-state index in [1.165, 1.54) is 13.3 Å².